The van der Waals surface area contributed by atoms with Crippen molar-refractivity contribution in [2.75, 3.05) is 4.90 Å². The molecule has 1 aliphatic rings. The monoisotopic (exact) mass is 421 g/mol. The van der Waals surface area contributed by atoms with Crippen LogP contribution >= 0.6 is 11.6 Å². The lowest BCUT2D eigenvalue weighted by Crippen LogP contribution is -2.36. The number of fused-ring (bicyclic) bond motifs is 5. The van der Waals surface area contributed by atoms with Crippen LogP contribution in [0.25, 0.3) is 22.4 Å². The second-order valence-corrected chi connectivity index (χ2v) is 8.29. The molecule has 1 aliphatic heterocycles. The van der Waals surface area contributed by atoms with Crippen molar-refractivity contribution in [2.45, 2.75) is 12.7 Å². The van der Waals surface area contributed by atoms with Crippen molar-refractivity contribution in [2.24, 2.45) is 0 Å². The molecule has 2 heterocycles. The van der Waals surface area contributed by atoms with E-state index in [1.54, 1.807) is 0 Å². The lowest BCUT2D eigenvalue weighted by atomic mass is 10.0. The average Bonchev–Trinajstić information content (AvgIpc) is 3.20. The summed E-state index contributed by atoms with van der Waals surface area (Å²) in [4.78, 5) is 7.51. The Kier molecular flexibility index (Phi) is 4.29. The van der Waals surface area contributed by atoms with Crippen LogP contribution in [0, 0.1) is 0 Å². The molecule has 0 radical (unpaired) electrons. The predicted molar refractivity (Wildman–Crippen MR) is 127 cm³/mol. The van der Waals surface area contributed by atoms with Gasteiger partial charge in [0.2, 0.25) is 0 Å². The topological polar surface area (TPSA) is 21.1 Å². The highest BCUT2D eigenvalue weighted by Gasteiger charge is 2.34. The van der Waals surface area contributed by atoms with Gasteiger partial charge in [0.15, 0.2) is 0 Å². The zero-order chi connectivity index (χ0) is 20.8. The molecule has 0 fully saturated rings. The molecule has 0 aliphatic carbocycles. The van der Waals surface area contributed by atoms with Gasteiger partial charge in [0.05, 0.1) is 11.0 Å². The van der Waals surface area contributed by atoms with Crippen molar-refractivity contribution >= 4 is 28.3 Å². The largest absolute Gasteiger partial charge is 0.342 e. The highest BCUT2D eigenvalue weighted by molar-refractivity contribution is 6.30. The average molecular weight is 422 g/mol. The maximum absolute atomic E-state index is 6.24. The Labute approximate surface area is 186 Å². The minimum Gasteiger partial charge on any atom is -0.342 e. The Morgan fingerprint density at radius 3 is 2.29 bits per heavy atom. The Balaban J connectivity index is 1.64. The normalized spacial score (nSPS) is 15.0. The van der Waals surface area contributed by atoms with Crippen molar-refractivity contribution in [3.05, 3.63) is 119 Å². The van der Waals surface area contributed by atoms with Crippen molar-refractivity contribution in [1.82, 2.24) is 9.55 Å². The lowest BCUT2D eigenvalue weighted by Gasteiger charge is -2.40. The first-order valence-corrected chi connectivity index (χ1v) is 10.8. The van der Waals surface area contributed by atoms with Gasteiger partial charge in [-0.3, -0.25) is 4.57 Å². The number of hydrogen-bond acceptors (Lipinski definition) is 2. The van der Waals surface area contributed by atoms with E-state index in [1.807, 2.05) is 18.2 Å². The van der Waals surface area contributed by atoms with E-state index in [0.29, 0.717) is 0 Å². The van der Waals surface area contributed by atoms with Crippen LogP contribution in [0.1, 0.15) is 17.3 Å². The summed E-state index contributed by atoms with van der Waals surface area (Å²) >= 11 is 6.24. The summed E-state index contributed by atoms with van der Waals surface area (Å²) in [7, 11) is 0. The smallest absolute Gasteiger partial charge is 0.145 e. The molecule has 0 amide bonds. The molecule has 150 valence electrons. The number of para-hydroxylation sites is 3. The van der Waals surface area contributed by atoms with Crippen LogP contribution in [0.5, 0.6) is 0 Å². The third kappa shape index (κ3) is 3.01. The molecule has 0 saturated carbocycles. The van der Waals surface area contributed by atoms with Gasteiger partial charge < -0.3 is 4.90 Å². The fraction of sp³-hybridized carbons (Fsp3) is 0.0741. The number of nitrogens with zero attached hydrogens (tertiary/aromatic N) is 3. The summed E-state index contributed by atoms with van der Waals surface area (Å²) in [6, 6.07) is 35.7. The Morgan fingerprint density at radius 2 is 1.45 bits per heavy atom. The summed E-state index contributed by atoms with van der Waals surface area (Å²) in [5.74, 6) is 1.00. The van der Waals surface area contributed by atoms with Crippen molar-refractivity contribution in [3.8, 4) is 11.4 Å². The number of imidazole rings is 1. The number of aromatic nitrogens is 2. The van der Waals surface area contributed by atoms with Gasteiger partial charge in [-0.15, -0.1) is 0 Å². The summed E-state index contributed by atoms with van der Waals surface area (Å²) in [6.07, 6.45) is -0.0326. The van der Waals surface area contributed by atoms with Crippen molar-refractivity contribution in [1.29, 1.82) is 0 Å². The maximum Gasteiger partial charge on any atom is 0.145 e. The minimum atomic E-state index is -0.0326. The molecule has 0 unspecified atom stereocenters. The van der Waals surface area contributed by atoms with E-state index in [1.165, 1.54) is 16.8 Å². The second kappa shape index (κ2) is 7.29. The molecule has 6 rings (SSSR count). The molecular formula is C27H20ClN3. The Hall–Kier alpha value is -3.56. The van der Waals surface area contributed by atoms with Crippen LogP contribution < -0.4 is 4.90 Å². The summed E-state index contributed by atoms with van der Waals surface area (Å²) in [5.41, 5.74) is 6.93. The van der Waals surface area contributed by atoms with E-state index in [-0.39, 0.29) is 6.17 Å². The molecule has 0 saturated heterocycles. The number of rotatable bonds is 3. The van der Waals surface area contributed by atoms with Crippen LogP contribution in [-0.2, 0) is 6.54 Å². The van der Waals surface area contributed by atoms with Crippen LogP contribution in [0.2, 0.25) is 5.02 Å². The van der Waals surface area contributed by atoms with E-state index < -0.39 is 0 Å². The Morgan fingerprint density at radius 1 is 0.742 bits per heavy atom. The molecular weight excluding hydrogens is 402 g/mol. The van der Waals surface area contributed by atoms with Gasteiger partial charge in [-0.1, -0.05) is 78.3 Å². The number of hydrogen-bond donors (Lipinski definition) is 0. The quantitative estimate of drug-likeness (QED) is 0.315. The third-order valence-corrected chi connectivity index (χ3v) is 6.21. The van der Waals surface area contributed by atoms with Gasteiger partial charge in [0.1, 0.15) is 12.0 Å². The molecule has 1 atom stereocenters. The standard InChI is InChI=1S/C27H20ClN3/c28-21-16-14-20(15-17-21)27-30(18-19-8-2-1-3-9-19)24-12-6-4-10-22(24)26-29-23-11-5-7-13-25(23)31(26)27/h1-17,27H,18H2/t27-/m1/s1. The van der Waals surface area contributed by atoms with Gasteiger partial charge in [-0.2, -0.15) is 0 Å². The maximum atomic E-state index is 6.24. The van der Waals surface area contributed by atoms with Crippen LogP contribution in [0.15, 0.2) is 103 Å². The SMILES string of the molecule is Clc1ccc([C@@H]2N(Cc3ccccc3)c3ccccc3-c3nc4ccccc4n32)cc1. The van der Waals surface area contributed by atoms with Crippen LogP contribution in [0.4, 0.5) is 5.69 Å². The molecule has 5 aromatic rings. The van der Waals surface area contributed by atoms with E-state index in [4.69, 9.17) is 16.6 Å². The molecule has 31 heavy (non-hydrogen) atoms. The summed E-state index contributed by atoms with van der Waals surface area (Å²) < 4.78 is 2.36. The predicted octanol–water partition coefficient (Wildman–Crippen LogP) is 6.92. The highest BCUT2D eigenvalue weighted by Crippen LogP contribution is 2.45. The lowest BCUT2D eigenvalue weighted by molar-refractivity contribution is 0.543. The van der Waals surface area contributed by atoms with E-state index >= 15 is 0 Å². The molecule has 1 aromatic heterocycles. The molecule has 0 bridgehead atoms. The first-order chi connectivity index (χ1) is 15.3. The molecule has 4 aromatic carbocycles. The minimum absolute atomic E-state index is 0.0326. The fourth-order valence-electron chi connectivity index (χ4n) is 4.58. The van der Waals surface area contributed by atoms with Gasteiger partial charge in [0, 0.05) is 22.8 Å². The fourth-order valence-corrected chi connectivity index (χ4v) is 4.71. The van der Waals surface area contributed by atoms with Gasteiger partial charge in [0.25, 0.3) is 0 Å². The second-order valence-electron chi connectivity index (χ2n) is 7.85. The van der Waals surface area contributed by atoms with Crippen LogP contribution in [0.3, 0.4) is 0 Å². The molecule has 0 N–H and O–H groups in total. The Bertz CT molecular complexity index is 1370. The van der Waals surface area contributed by atoms with E-state index in [9.17, 15) is 0 Å². The third-order valence-electron chi connectivity index (χ3n) is 5.95. The van der Waals surface area contributed by atoms with Crippen molar-refractivity contribution in [3.63, 3.8) is 0 Å². The first kappa shape index (κ1) is 18.2. The van der Waals surface area contributed by atoms with Crippen LogP contribution in [-0.4, -0.2) is 9.55 Å². The molecule has 0 spiro atoms. The highest BCUT2D eigenvalue weighted by atomic mass is 35.5. The molecule has 4 heteroatoms. The van der Waals surface area contributed by atoms with E-state index in [2.05, 4.69) is 94.4 Å². The summed E-state index contributed by atoms with van der Waals surface area (Å²) in [5, 5.41) is 0.741. The number of halogens is 1. The number of anilines is 1. The summed E-state index contributed by atoms with van der Waals surface area (Å²) in [6.45, 7) is 0.789. The zero-order valence-electron chi connectivity index (χ0n) is 16.8. The van der Waals surface area contributed by atoms with E-state index in [0.717, 1.165) is 34.0 Å². The van der Waals surface area contributed by atoms with Gasteiger partial charge in [-0.05, 0) is 47.5 Å². The molecule has 3 nitrogen and oxygen atoms in total. The van der Waals surface area contributed by atoms with Gasteiger partial charge in [-0.25, -0.2) is 4.98 Å². The first-order valence-electron chi connectivity index (χ1n) is 10.4. The number of benzene rings is 4. The van der Waals surface area contributed by atoms with Crippen molar-refractivity contribution < 1.29 is 0 Å². The zero-order valence-corrected chi connectivity index (χ0v) is 17.6. The van der Waals surface area contributed by atoms with Gasteiger partial charge >= 0.3 is 0 Å².